The fraction of sp³-hybridized carbons (Fsp3) is 0.625. The molecule has 0 bridgehead atoms. The van der Waals surface area contributed by atoms with E-state index >= 15 is 0 Å². The van der Waals surface area contributed by atoms with Gasteiger partial charge in [0.05, 0.1) is 31.3 Å². The van der Waals surface area contributed by atoms with Gasteiger partial charge >= 0.3 is 0 Å². The van der Waals surface area contributed by atoms with Gasteiger partial charge in [-0.25, -0.2) is 4.44 Å². The van der Waals surface area contributed by atoms with Gasteiger partial charge in [-0.2, -0.15) is 0 Å². The molecule has 0 amide bonds. The third kappa shape index (κ3) is 17.1. The highest BCUT2D eigenvalue weighted by Gasteiger charge is 2.41. The van der Waals surface area contributed by atoms with E-state index in [1.54, 1.807) is 26.2 Å². The number of nitrogens with zero attached hydrogens (tertiary/aromatic N) is 1. The quantitative estimate of drug-likeness (QED) is 0.0328. The molecule has 0 aliphatic rings. The Morgan fingerprint density at radius 3 is 0.930 bits per heavy atom. The predicted octanol–water partition coefficient (Wildman–Crippen LogP) is 18.0. The molecular weight excluding hydrogens is 945 g/mol. The molecule has 4 aromatic carbocycles. The summed E-state index contributed by atoms with van der Waals surface area (Å²) in [5.74, 6) is 1.04. The second kappa shape index (κ2) is 33.2. The third-order valence-corrected chi connectivity index (χ3v) is 38.7. The van der Waals surface area contributed by atoms with Crippen LogP contribution in [0.4, 0.5) is 0 Å². The second-order valence-corrected chi connectivity index (χ2v) is 40.5. The van der Waals surface area contributed by atoms with E-state index in [2.05, 4.69) is 178 Å². The molecule has 0 aromatic heterocycles. The fourth-order valence-electron chi connectivity index (χ4n) is 12.1. The first-order valence-corrected chi connectivity index (χ1v) is 40.4. The third-order valence-electron chi connectivity index (χ3n) is 16.4. The average molecular weight is 1050 g/mol. The summed E-state index contributed by atoms with van der Waals surface area (Å²) in [7, 11) is -5.48. The number of rotatable bonds is 38. The van der Waals surface area contributed by atoms with Gasteiger partial charge in [0.25, 0.3) is 0 Å². The summed E-state index contributed by atoms with van der Waals surface area (Å²) in [5.41, 5.74) is 0. The van der Waals surface area contributed by atoms with Crippen molar-refractivity contribution in [2.45, 2.75) is 252 Å². The van der Waals surface area contributed by atoms with E-state index in [9.17, 15) is 0 Å². The zero-order valence-corrected chi connectivity index (χ0v) is 52.9. The number of ether oxygens (including phenoxy) is 1. The Hall–Kier alpha value is -1.85. The molecule has 4 rings (SSSR count). The van der Waals surface area contributed by atoms with Gasteiger partial charge in [0.2, 0.25) is 0 Å². The largest absolute Gasteiger partial charge is 0.496 e. The predicted molar refractivity (Wildman–Crippen MR) is 335 cm³/mol. The number of hydrogen-bond acceptors (Lipinski definition) is 2. The zero-order chi connectivity index (χ0) is 51.5. The molecule has 0 radical (unpaired) electrons. The van der Waals surface area contributed by atoms with Crippen molar-refractivity contribution in [3.63, 3.8) is 0 Å². The lowest BCUT2D eigenvalue weighted by molar-refractivity contribution is 0.418. The number of methoxy groups -OCH3 is 1. The lowest BCUT2D eigenvalue weighted by Crippen LogP contribution is -2.50. The Labute approximate surface area is 445 Å². The Morgan fingerprint density at radius 2 is 0.662 bits per heavy atom. The van der Waals surface area contributed by atoms with Gasteiger partial charge in [-0.1, -0.05) is 333 Å². The van der Waals surface area contributed by atoms with E-state index in [4.69, 9.17) is 4.74 Å². The van der Waals surface area contributed by atoms with Crippen LogP contribution in [0.15, 0.2) is 97.1 Å². The number of benzene rings is 4. The normalized spacial score (nSPS) is 12.9. The second-order valence-electron chi connectivity index (χ2n) is 22.1. The molecule has 0 heterocycles. The zero-order valence-electron chi connectivity index (χ0n) is 48.2. The van der Waals surface area contributed by atoms with Gasteiger partial charge in [-0.05, 0) is 41.9 Å². The van der Waals surface area contributed by atoms with Crippen molar-refractivity contribution in [3.8, 4) is 5.75 Å². The monoisotopic (exact) mass is 1050 g/mol. The van der Waals surface area contributed by atoms with Crippen LogP contribution in [0, 0.1) is 0 Å². The topological polar surface area (TPSA) is 12.5 Å². The van der Waals surface area contributed by atoms with Crippen LogP contribution in [-0.4, -0.2) is 41.8 Å². The fourth-order valence-corrected chi connectivity index (χ4v) is 35.7. The van der Waals surface area contributed by atoms with Crippen LogP contribution in [0.5, 0.6) is 5.75 Å². The maximum atomic E-state index is 6.49. The van der Waals surface area contributed by atoms with Crippen molar-refractivity contribution < 1.29 is 4.74 Å². The molecule has 0 fully saturated rings. The van der Waals surface area contributed by atoms with E-state index in [0.29, 0.717) is 6.04 Å². The van der Waals surface area contributed by atoms with Gasteiger partial charge in [0, 0.05) is 27.5 Å². The minimum atomic E-state index is -1.80. The van der Waals surface area contributed by atoms with Crippen molar-refractivity contribution >= 4 is 77.1 Å². The van der Waals surface area contributed by atoms with Crippen LogP contribution in [-0.2, 0) is 0 Å². The highest BCUT2D eigenvalue weighted by atomic mass is 31.2. The van der Waals surface area contributed by atoms with Crippen LogP contribution in [0.2, 0.25) is 54.4 Å². The molecular formula is C64H107NOP2Si3. The lowest BCUT2D eigenvalue weighted by atomic mass is 10.3. The summed E-state index contributed by atoms with van der Waals surface area (Å²) in [6.45, 7) is 26.8. The molecule has 0 aliphatic carbocycles. The maximum Gasteiger partial charge on any atom is 0.128 e. The summed E-state index contributed by atoms with van der Waals surface area (Å²) in [6.07, 6.45) is 23.7. The SMILES string of the molecule is CCCC[Si](CCCC)(CCCC)c1cccc(P(c2cccc([Si](CCCC)(CCCC)CCCC)c2)N(C(C)C)P(c2cccc([Si](CCCC)(CCCC)CCCC)c2)c2ccccc2OC)c1. The van der Waals surface area contributed by atoms with Gasteiger partial charge in [0.15, 0.2) is 0 Å². The smallest absolute Gasteiger partial charge is 0.128 e. The van der Waals surface area contributed by atoms with E-state index in [-0.39, 0.29) is 0 Å². The first-order valence-electron chi connectivity index (χ1n) is 29.9. The van der Waals surface area contributed by atoms with Crippen molar-refractivity contribution in [2.75, 3.05) is 7.11 Å². The molecule has 1 unspecified atom stereocenters. The van der Waals surface area contributed by atoms with Gasteiger partial charge < -0.3 is 4.74 Å². The molecule has 7 heteroatoms. The number of unbranched alkanes of at least 4 members (excludes halogenated alkanes) is 9. The molecule has 0 saturated carbocycles. The van der Waals surface area contributed by atoms with E-state index < -0.39 is 40.4 Å². The Bertz CT molecular complexity index is 1910. The van der Waals surface area contributed by atoms with Crippen LogP contribution in [0.25, 0.3) is 0 Å². The van der Waals surface area contributed by atoms with Crippen molar-refractivity contribution in [1.82, 2.24) is 4.44 Å². The van der Waals surface area contributed by atoms with Crippen molar-refractivity contribution in [1.29, 1.82) is 0 Å². The number of para-hydroxylation sites is 1. The lowest BCUT2D eigenvalue weighted by Gasteiger charge is -2.43. The Morgan fingerprint density at radius 1 is 0.380 bits per heavy atom. The van der Waals surface area contributed by atoms with Crippen LogP contribution in [0.1, 0.15) is 192 Å². The van der Waals surface area contributed by atoms with Crippen LogP contribution < -0.4 is 41.5 Å². The summed E-state index contributed by atoms with van der Waals surface area (Å²) in [4.78, 5) is 0. The highest BCUT2D eigenvalue weighted by molar-refractivity contribution is 7.84. The minimum Gasteiger partial charge on any atom is -0.496 e. The minimum absolute atomic E-state index is 0.292. The summed E-state index contributed by atoms with van der Waals surface area (Å²) < 4.78 is 9.60. The highest BCUT2D eigenvalue weighted by Crippen LogP contribution is 2.57. The van der Waals surface area contributed by atoms with Crippen molar-refractivity contribution in [2.24, 2.45) is 0 Å². The standard InChI is InChI=1S/C64H107NOP2Si3/c1-13-22-44-69(45-23-14-2,46-24-15-3)60-39-33-36-57(53-60)67(58-37-34-40-61(54-58)70(47-25-16-4,48-26-17-5)49-27-18-6)65(56(10)11)68(64-43-32-31-42-63(64)66-12)59-38-35-41-62(55-59)71(50-28-19-7,51-29-20-8)52-30-21-9/h31-43,53-56H,13-30,44-52H2,1-12H3. The van der Waals surface area contributed by atoms with Crippen molar-refractivity contribution in [3.05, 3.63) is 97.1 Å². The first-order chi connectivity index (χ1) is 34.6. The van der Waals surface area contributed by atoms with Gasteiger partial charge in [0.1, 0.15) is 5.75 Å². The molecule has 396 valence electrons. The first kappa shape index (κ1) is 61.7. The van der Waals surface area contributed by atoms with Crippen LogP contribution >= 0.6 is 16.1 Å². The summed E-state index contributed by atoms with van der Waals surface area (Å²) >= 11 is 0. The molecule has 71 heavy (non-hydrogen) atoms. The van der Waals surface area contributed by atoms with Gasteiger partial charge in [-0.15, -0.1) is 0 Å². The Balaban J connectivity index is 2.21. The molecule has 0 saturated heterocycles. The molecule has 2 nitrogen and oxygen atoms in total. The van der Waals surface area contributed by atoms with Gasteiger partial charge in [-0.3, -0.25) is 0 Å². The van der Waals surface area contributed by atoms with Crippen LogP contribution in [0.3, 0.4) is 0 Å². The summed E-state index contributed by atoms with van der Waals surface area (Å²) in [5, 5.41) is 11.3. The number of hydrogen-bond donors (Lipinski definition) is 0. The molecule has 0 spiro atoms. The summed E-state index contributed by atoms with van der Waals surface area (Å²) in [6, 6.07) is 53.9. The van der Waals surface area contributed by atoms with E-state index in [1.165, 1.54) is 181 Å². The molecule has 1 atom stereocenters. The molecule has 0 N–H and O–H groups in total. The molecule has 0 aliphatic heterocycles. The molecule has 4 aromatic rings. The van der Waals surface area contributed by atoms with E-state index in [0.717, 1.165) is 5.75 Å². The Kier molecular flexibility index (Phi) is 28.9. The van der Waals surface area contributed by atoms with E-state index in [1.807, 2.05) is 7.11 Å². The average Bonchev–Trinajstić information content (AvgIpc) is 3.40. The maximum absolute atomic E-state index is 6.49.